The molecule has 0 aliphatic carbocycles. The minimum atomic E-state index is -0.143. The Balaban J connectivity index is 2.35. The second kappa shape index (κ2) is 4.57. The summed E-state index contributed by atoms with van der Waals surface area (Å²) in [4.78, 5) is 26.3. The molecule has 4 nitrogen and oxygen atoms in total. The van der Waals surface area contributed by atoms with Crippen LogP contribution in [0.4, 0.5) is 11.4 Å². The third kappa shape index (κ3) is 2.16. The molecule has 1 heterocycles. The van der Waals surface area contributed by atoms with Crippen molar-refractivity contribution >= 4 is 23.6 Å². The van der Waals surface area contributed by atoms with Crippen LogP contribution >= 0.6 is 0 Å². The third-order valence-electron chi connectivity index (χ3n) is 2.96. The molecule has 0 fully saturated rings. The zero-order chi connectivity index (χ0) is 12.4. The maximum absolute atomic E-state index is 12.0. The Morgan fingerprint density at radius 3 is 2.65 bits per heavy atom. The topological polar surface area (TPSA) is 40.6 Å². The number of anilines is 2. The van der Waals surface area contributed by atoms with Crippen molar-refractivity contribution in [3.63, 3.8) is 0 Å². The second-order valence-electron chi connectivity index (χ2n) is 4.46. The van der Waals surface area contributed by atoms with Gasteiger partial charge < -0.3 is 14.6 Å². The number of carbonyl (C=O) groups is 2. The highest BCUT2D eigenvalue weighted by atomic mass is 16.2. The number of rotatable bonds is 3. The summed E-state index contributed by atoms with van der Waals surface area (Å²) >= 11 is 0. The summed E-state index contributed by atoms with van der Waals surface area (Å²) < 4.78 is 0. The SMILES string of the molecule is CC(C=O)CN1C(=O)CN(C)c2ccccc21. The molecule has 1 atom stereocenters. The van der Waals surface area contributed by atoms with Gasteiger partial charge in [0.25, 0.3) is 0 Å². The van der Waals surface area contributed by atoms with Crippen molar-refractivity contribution in [2.75, 3.05) is 29.9 Å². The Bertz CT molecular complexity index is 445. The lowest BCUT2D eigenvalue weighted by Crippen LogP contribution is -2.46. The molecule has 1 unspecified atom stereocenters. The van der Waals surface area contributed by atoms with Crippen LogP contribution in [0.15, 0.2) is 24.3 Å². The van der Waals surface area contributed by atoms with Crippen molar-refractivity contribution in [3.8, 4) is 0 Å². The third-order valence-corrected chi connectivity index (χ3v) is 2.96. The molecule has 2 rings (SSSR count). The molecule has 1 aromatic carbocycles. The van der Waals surface area contributed by atoms with E-state index in [0.29, 0.717) is 13.1 Å². The van der Waals surface area contributed by atoms with Gasteiger partial charge in [-0.2, -0.15) is 0 Å². The second-order valence-corrected chi connectivity index (χ2v) is 4.46. The van der Waals surface area contributed by atoms with Gasteiger partial charge in [-0.15, -0.1) is 0 Å². The Morgan fingerprint density at radius 1 is 1.35 bits per heavy atom. The van der Waals surface area contributed by atoms with Crippen LogP contribution in [0.1, 0.15) is 6.92 Å². The predicted octanol–water partition coefficient (Wildman–Crippen LogP) is 1.30. The van der Waals surface area contributed by atoms with E-state index >= 15 is 0 Å². The first kappa shape index (κ1) is 11.6. The van der Waals surface area contributed by atoms with Crippen LogP contribution in [-0.2, 0) is 9.59 Å². The van der Waals surface area contributed by atoms with Gasteiger partial charge in [0.15, 0.2) is 0 Å². The molecule has 1 amide bonds. The Hall–Kier alpha value is -1.84. The molecule has 0 spiro atoms. The molecule has 4 heteroatoms. The smallest absolute Gasteiger partial charge is 0.246 e. The summed E-state index contributed by atoms with van der Waals surface area (Å²) in [6.45, 7) is 2.64. The van der Waals surface area contributed by atoms with E-state index in [4.69, 9.17) is 0 Å². The molecule has 1 aromatic rings. The van der Waals surface area contributed by atoms with Gasteiger partial charge in [-0.3, -0.25) is 4.79 Å². The fourth-order valence-electron chi connectivity index (χ4n) is 2.05. The lowest BCUT2D eigenvalue weighted by atomic mass is 10.1. The Morgan fingerprint density at radius 2 is 2.00 bits per heavy atom. The first-order valence-corrected chi connectivity index (χ1v) is 5.69. The first-order chi connectivity index (χ1) is 8.13. The number of hydrogen-bond acceptors (Lipinski definition) is 3. The molecular formula is C13H16N2O2. The molecule has 0 saturated carbocycles. The molecule has 0 bridgehead atoms. The lowest BCUT2D eigenvalue weighted by Gasteiger charge is -2.35. The van der Waals surface area contributed by atoms with Crippen molar-refractivity contribution in [2.24, 2.45) is 5.92 Å². The van der Waals surface area contributed by atoms with Gasteiger partial charge in [0.05, 0.1) is 17.9 Å². The van der Waals surface area contributed by atoms with Gasteiger partial charge in [0, 0.05) is 19.5 Å². The number of amides is 1. The normalized spacial score (nSPS) is 16.7. The van der Waals surface area contributed by atoms with Crippen LogP contribution in [0.2, 0.25) is 0 Å². The fraction of sp³-hybridized carbons (Fsp3) is 0.385. The molecule has 0 radical (unpaired) electrons. The summed E-state index contributed by atoms with van der Waals surface area (Å²) in [6.07, 6.45) is 0.883. The van der Waals surface area contributed by atoms with Crippen LogP contribution < -0.4 is 9.80 Å². The Labute approximate surface area is 101 Å². The monoisotopic (exact) mass is 232 g/mol. The highest BCUT2D eigenvalue weighted by molar-refractivity contribution is 6.03. The van der Waals surface area contributed by atoms with Gasteiger partial charge in [0.2, 0.25) is 5.91 Å². The van der Waals surface area contributed by atoms with Gasteiger partial charge in [0.1, 0.15) is 6.29 Å². The summed E-state index contributed by atoms with van der Waals surface area (Å²) in [5, 5.41) is 0. The molecule has 1 aliphatic heterocycles. The number of nitrogens with zero attached hydrogens (tertiary/aromatic N) is 2. The van der Waals surface area contributed by atoms with Crippen LogP contribution in [0.5, 0.6) is 0 Å². The number of benzene rings is 1. The predicted molar refractivity (Wildman–Crippen MR) is 67.3 cm³/mol. The summed E-state index contributed by atoms with van der Waals surface area (Å²) in [6, 6.07) is 7.76. The molecule has 90 valence electrons. The van der Waals surface area contributed by atoms with E-state index in [1.54, 1.807) is 4.90 Å². The molecule has 0 N–H and O–H groups in total. The summed E-state index contributed by atoms with van der Waals surface area (Å²) in [7, 11) is 1.90. The minimum absolute atomic E-state index is 0.0416. The Kier molecular flexibility index (Phi) is 3.13. The van der Waals surface area contributed by atoms with Gasteiger partial charge >= 0.3 is 0 Å². The average molecular weight is 232 g/mol. The van der Waals surface area contributed by atoms with E-state index in [0.717, 1.165) is 17.7 Å². The van der Waals surface area contributed by atoms with Crippen LogP contribution in [-0.4, -0.2) is 32.3 Å². The number of aldehydes is 1. The van der Waals surface area contributed by atoms with Crippen molar-refractivity contribution in [3.05, 3.63) is 24.3 Å². The quantitative estimate of drug-likeness (QED) is 0.738. The average Bonchev–Trinajstić information content (AvgIpc) is 2.34. The van der Waals surface area contributed by atoms with E-state index in [1.807, 2.05) is 43.1 Å². The first-order valence-electron chi connectivity index (χ1n) is 5.69. The largest absolute Gasteiger partial charge is 0.364 e. The molecule has 1 aliphatic rings. The van der Waals surface area contributed by atoms with E-state index in [-0.39, 0.29) is 11.8 Å². The van der Waals surface area contributed by atoms with Crippen LogP contribution in [0, 0.1) is 5.92 Å². The minimum Gasteiger partial charge on any atom is -0.364 e. The number of carbonyl (C=O) groups excluding carboxylic acids is 2. The number of hydrogen-bond donors (Lipinski definition) is 0. The van der Waals surface area contributed by atoms with E-state index in [1.165, 1.54) is 0 Å². The molecular weight excluding hydrogens is 216 g/mol. The highest BCUT2D eigenvalue weighted by Crippen LogP contribution is 2.32. The number of likely N-dealkylation sites (N-methyl/N-ethyl adjacent to an activating group) is 1. The fourth-order valence-corrected chi connectivity index (χ4v) is 2.05. The maximum Gasteiger partial charge on any atom is 0.246 e. The van der Waals surface area contributed by atoms with Crippen LogP contribution in [0.3, 0.4) is 0 Å². The van der Waals surface area contributed by atoms with Gasteiger partial charge in [-0.05, 0) is 12.1 Å². The zero-order valence-electron chi connectivity index (χ0n) is 10.1. The van der Waals surface area contributed by atoms with Crippen LogP contribution in [0.25, 0.3) is 0 Å². The summed E-state index contributed by atoms with van der Waals surface area (Å²) in [5.74, 6) is -0.102. The van der Waals surface area contributed by atoms with Crippen molar-refractivity contribution < 1.29 is 9.59 Å². The van der Waals surface area contributed by atoms with Gasteiger partial charge in [-0.25, -0.2) is 0 Å². The highest BCUT2D eigenvalue weighted by Gasteiger charge is 2.27. The van der Waals surface area contributed by atoms with E-state index < -0.39 is 0 Å². The number of para-hydroxylation sites is 2. The number of fused-ring (bicyclic) bond motifs is 1. The maximum atomic E-state index is 12.0. The zero-order valence-corrected chi connectivity index (χ0v) is 10.1. The summed E-state index contributed by atoms with van der Waals surface area (Å²) in [5.41, 5.74) is 1.92. The lowest BCUT2D eigenvalue weighted by molar-refractivity contribution is -0.117. The van der Waals surface area contributed by atoms with Crippen molar-refractivity contribution in [1.29, 1.82) is 0 Å². The van der Waals surface area contributed by atoms with Crippen molar-refractivity contribution in [1.82, 2.24) is 0 Å². The van der Waals surface area contributed by atoms with Crippen molar-refractivity contribution in [2.45, 2.75) is 6.92 Å². The van der Waals surface area contributed by atoms with E-state index in [9.17, 15) is 9.59 Å². The molecule has 17 heavy (non-hydrogen) atoms. The van der Waals surface area contributed by atoms with E-state index in [2.05, 4.69) is 0 Å². The molecule has 0 aromatic heterocycles. The molecule has 0 saturated heterocycles. The standard InChI is InChI=1S/C13H16N2O2/c1-10(9-16)7-15-12-6-4-3-5-11(12)14(2)8-13(15)17/h3-6,9-10H,7-8H2,1-2H3. The van der Waals surface area contributed by atoms with Gasteiger partial charge in [-0.1, -0.05) is 19.1 Å².